The third kappa shape index (κ3) is 4.28. The van der Waals surface area contributed by atoms with E-state index in [9.17, 15) is 14.3 Å². The molecule has 0 aliphatic rings. The van der Waals surface area contributed by atoms with Crippen molar-refractivity contribution in [2.75, 3.05) is 6.54 Å². The third-order valence-electron chi connectivity index (χ3n) is 3.07. The fourth-order valence-electron chi connectivity index (χ4n) is 1.94. The highest BCUT2D eigenvalue weighted by Gasteiger charge is 2.14. The van der Waals surface area contributed by atoms with E-state index in [0.717, 1.165) is 0 Å². The summed E-state index contributed by atoms with van der Waals surface area (Å²) >= 11 is 5.97. The number of hydrogen-bond donors (Lipinski definition) is 2. The normalized spacial score (nSPS) is 12.0. The zero-order valence-corrected chi connectivity index (χ0v) is 12.0. The van der Waals surface area contributed by atoms with E-state index in [2.05, 4.69) is 5.32 Å². The van der Waals surface area contributed by atoms with Gasteiger partial charge in [-0.2, -0.15) is 0 Å². The van der Waals surface area contributed by atoms with Crippen molar-refractivity contribution < 1.29 is 14.3 Å². The van der Waals surface area contributed by atoms with Gasteiger partial charge in [-0.15, -0.1) is 0 Å². The van der Waals surface area contributed by atoms with Gasteiger partial charge in [0.1, 0.15) is 5.82 Å². The zero-order chi connectivity index (χ0) is 15.2. The lowest BCUT2D eigenvalue weighted by molar-refractivity contribution is -0.120. The van der Waals surface area contributed by atoms with Gasteiger partial charge in [0.15, 0.2) is 0 Å². The van der Waals surface area contributed by atoms with Gasteiger partial charge in [-0.1, -0.05) is 48.0 Å². The highest BCUT2D eigenvalue weighted by atomic mass is 35.5. The van der Waals surface area contributed by atoms with Crippen molar-refractivity contribution in [3.05, 3.63) is 70.5 Å². The maximum atomic E-state index is 13.5. The molecule has 2 N–H and O–H groups in total. The van der Waals surface area contributed by atoms with Gasteiger partial charge >= 0.3 is 0 Å². The van der Waals surface area contributed by atoms with Gasteiger partial charge < -0.3 is 10.4 Å². The number of carbonyl (C=O) groups excluding carboxylic acids is 1. The molecule has 1 amide bonds. The standard InChI is InChI=1S/C16H15ClFNO2/c17-13-7-3-1-5-11(13)9-16(21)19-10-15(20)12-6-2-4-8-14(12)18/h1-8,15,20H,9-10H2,(H,19,21)/t15-/m1/s1. The minimum Gasteiger partial charge on any atom is -0.386 e. The van der Waals surface area contributed by atoms with Crippen LogP contribution in [0.15, 0.2) is 48.5 Å². The highest BCUT2D eigenvalue weighted by molar-refractivity contribution is 6.31. The summed E-state index contributed by atoms with van der Waals surface area (Å²) in [5.41, 5.74) is 0.868. The first-order valence-electron chi connectivity index (χ1n) is 6.50. The van der Waals surface area contributed by atoms with Gasteiger partial charge in [0.25, 0.3) is 0 Å². The molecule has 0 spiro atoms. The number of aliphatic hydroxyl groups is 1. The van der Waals surface area contributed by atoms with Crippen LogP contribution in [0.4, 0.5) is 4.39 Å². The van der Waals surface area contributed by atoms with Gasteiger partial charge in [0, 0.05) is 17.1 Å². The maximum absolute atomic E-state index is 13.5. The number of benzene rings is 2. The summed E-state index contributed by atoms with van der Waals surface area (Å²) in [5, 5.41) is 13.0. The molecule has 0 heterocycles. The maximum Gasteiger partial charge on any atom is 0.224 e. The van der Waals surface area contributed by atoms with Gasteiger partial charge in [-0.25, -0.2) is 4.39 Å². The van der Waals surface area contributed by atoms with Gasteiger partial charge in [0.2, 0.25) is 5.91 Å². The van der Waals surface area contributed by atoms with Crippen LogP contribution in [-0.2, 0) is 11.2 Å². The Bertz CT molecular complexity index is 633. The van der Waals surface area contributed by atoms with Crippen LogP contribution in [0.2, 0.25) is 5.02 Å². The molecule has 1 atom stereocenters. The van der Waals surface area contributed by atoms with Crippen molar-refractivity contribution in [3.63, 3.8) is 0 Å². The SMILES string of the molecule is O=C(Cc1ccccc1Cl)NC[C@@H](O)c1ccccc1F. The molecule has 2 rings (SSSR count). The summed E-state index contributed by atoms with van der Waals surface area (Å²) in [6.07, 6.45) is -0.967. The predicted molar refractivity (Wildman–Crippen MR) is 79.5 cm³/mol. The van der Waals surface area contributed by atoms with E-state index in [1.54, 1.807) is 36.4 Å². The van der Waals surface area contributed by atoms with Crippen LogP contribution < -0.4 is 5.32 Å². The van der Waals surface area contributed by atoms with Crippen molar-refractivity contribution >= 4 is 17.5 Å². The summed E-state index contributed by atoms with van der Waals surface area (Å²) < 4.78 is 13.5. The van der Waals surface area contributed by atoms with E-state index in [0.29, 0.717) is 10.6 Å². The van der Waals surface area contributed by atoms with Crippen molar-refractivity contribution in [3.8, 4) is 0 Å². The summed E-state index contributed by atoms with van der Waals surface area (Å²) in [7, 11) is 0. The number of rotatable bonds is 5. The second-order valence-electron chi connectivity index (χ2n) is 4.61. The van der Waals surface area contributed by atoms with Gasteiger partial charge in [0.05, 0.1) is 12.5 Å². The molecule has 0 radical (unpaired) electrons. The molecular formula is C16H15ClFNO2. The first-order chi connectivity index (χ1) is 10.1. The van der Waals surface area contributed by atoms with Gasteiger partial charge in [-0.05, 0) is 17.7 Å². The average molecular weight is 308 g/mol. The fourth-order valence-corrected chi connectivity index (χ4v) is 2.15. The first-order valence-corrected chi connectivity index (χ1v) is 6.88. The third-order valence-corrected chi connectivity index (χ3v) is 3.43. The van der Waals surface area contributed by atoms with E-state index in [1.807, 2.05) is 0 Å². The molecule has 0 aliphatic heterocycles. The highest BCUT2D eigenvalue weighted by Crippen LogP contribution is 2.17. The Morgan fingerprint density at radius 3 is 2.57 bits per heavy atom. The summed E-state index contributed by atoms with van der Waals surface area (Å²) in [4.78, 5) is 11.8. The van der Waals surface area contributed by atoms with Crippen LogP contribution in [0.5, 0.6) is 0 Å². The smallest absolute Gasteiger partial charge is 0.224 e. The molecule has 0 saturated carbocycles. The number of aliphatic hydroxyl groups excluding tert-OH is 1. The lowest BCUT2D eigenvalue weighted by Gasteiger charge is -2.13. The number of amides is 1. The van der Waals surface area contributed by atoms with Crippen molar-refractivity contribution in [1.29, 1.82) is 0 Å². The second kappa shape index (κ2) is 7.20. The number of nitrogens with one attached hydrogen (secondary N) is 1. The van der Waals surface area contributed by atoms with E-state index >= 15 is 0 Å². The average Bonchev–Trinajstić information content (AvgIpc) is 2.48. The van der Waals surface area contributed by atoms with Crippen LogP contribution in [-0.4, -0.2) is 17.6 Å². The Labute approximate surface area is 127 Å². The summed E-state index contributed by atoms with van der Waals surface area (Å²) in [6.45, 7) is -0.0514. The summed E-state index contributed by atoms with van der Waals surface area (Å²) in [5.74, 6) is -0.774. The molecule has 0 saturated heterocycles. The van der Waals surface area contributed by atoms with E-state index in [1.165, 1.54) is 12.1 Å². The van der Waals surface area contributed by atoms with Gasteiger partial charge in [-0.3, -0.25) is 4.79 Å². The Morgan fingerprint density at radius 1 is 1.19 bits per heavy atom. The second-order valence-corrected chi connectivity index (χ2v) is 5.02. The molecule has 5 heteroatoms. The van der Waals surface area contributed by atoms with E-state index < -0.39 is 11.9 Å². The summed E-state index contributed by atoms with van der Waals surface area (Å²) in [6, 6.07) is 13.0. The van der Waals surface area contributed by atoms with Crippen molar-refractivity contribution in [1.82, 2.24) is 5.32 Å². The van der Waals surface area contributed by atoms with Crippen LogP contribution in [0, 0.1) is 5.82 Å². The molecule has 110 valence electrons. The van der Waals surface area contributed by atoms with Crippen LogP contribution in [0.25, 0.3) is 0 Å². The lowest BCUT2D eigenvalue weighted by Crippen LogP contribution is -2.30. The Morgan fingerprint density at radius 2 is 1.86 bits per heavy atom. The molecule has 0 fully saturated rings. The quantitative estimate of drug-likeness (QED) is 0.892. The number of halogens is 2. The number of hydrogen-bond acceptors (Lipinski definition) is 2. The van der Waals surface area contributed by atoms with Crippen LogP contribution in [0.3, 0.4) is 0 Å². The molecule has 0 aromatic heterocycles. The molecule has 3 nitrogen and oxygen atoms in total. The first kappa shape index (κ1) is 15.5. The van der Waals surface area contributed by atoms with E-state index in [-0.39, 0.29) is 24.4 Å². The molecule has 0 bridgehead atoms. The molecule has 2 aromatic rings. The Balaban J connectivity index is 1.90. The van der Waals surface area contributed by atoms with Crippen LogP contribution >= 0.6 is 11.6 Å². The lowest BCUT2D eigenvalue weighted by atomic mass is 10.1. The van der Waals surface area contributed by atoms with E-state index in [4.69, 9.17) is 11.6 Å². The molecule has 21 heavy (non-hydrogen) atoms. The zero-order valence-electron chi connectivity index (χ0n) is 11.2. The monoisotopic (exact) mass is 307 g/mol. The predicted octanol–water partition coefficient (Wildman–Crippen LogP) is 2.87. The minimum atomic E-state index is -1.08. The molecule has 0 aliphatic carbocycles. The number of carbonyl (C=O) groups is 1. The minimum absolute atomic E-state index is 0.0514. The van der Waals surface area contributed by atoms with Crippen molar-refractivity contribution in [2.45, 2.75) is 12.5 Å². The molecule has 2 aromatic carbocycles. The molecule has 0 unspecified atom stereocenters. The fraction of sp³-hybridized carbons (Fsp3) is 0.188. The largest absolute Gasteiger partial charge is 0.386 e. The van der Waals surface area contributed by atoms with Crippen LogP contribution in [0.1, 0.15) is 17.2 Å². The molecular weight excluding hydrogens is 293 g/mol. The topological polar surface area (TPSA) is 49.3 Å². The van der Waals surface area contributed by atoms with Crippen molar-refractivity contribution in [2.24, 2.45) is 0 Å². The Kier molecular flexibility index (Phi) is 5.31. The Hall–Kier alpha value is -1.91.